The van der Waals surface area contributed by atoms with Crippen LogP contribution in [0.15, 0.2) is 107 Å². The fraction of sp³-hybridized carbons (Fsp3) is 0.111. The number of carbonyl (C=O) groups is 1. The maximum absolute atomic E-state index is 13.5. The average molecular weight is 601 g/mol. The van der Waals surface area contributed by atoms with Gasteiger partial charge in [-0.2, -0.15) is 0 Å². The number of nitrogens with one attached hydrogen (secondary N) is 2. The molecule has 1 heterocycles. The van der Waals surface area contributed by atoms with Crippen LogP contribution >= 0.6 is 11.6 Å². The maximum atomic E-state index is 13.5. The third-order valence-electron chi connectivity index (χ3n) is 5.48. The van der Waals surface area contributed by atoms with Gasteiger partial charge in [0, 0.05) is 16.9 Å². The van der Waals surface area contributed by atoms with E-state index in [0.717, 1.165) is 4.31 Å². The normalized spacial score (nSPS) is 11.4. The van der Waals surface area contributed by atoms with Crippen LogP contribution in [0.1, 0.15) is 6.92 Å². The number of pyridine rings is 1. The molecule has 0 radical (unpaired) electrons. The van der Waals surface area contributed by atoms with Crippen molar-refractivity contribution >= 4 is 54.7 Å². The highest BCUT2D eigenvalue weighted by atomic mass is 35.5. The number of hydrogen-bond acceptors (Lipinski definition) is 7. The number of aromatic nitrogens is 1. The summed E-state index contributed by atoms with van der Waals surface area (Å²) < 4.78 is 61.1. The lowest BCUT2D eigenvalue weighted by atomic mass is 10.3. The monoisotopic (exact) mass is 600 g/mol. The van der Waals surface area contributed by atoms with Gasteiger partial charge in [-0.3, -0.25) is 13.8 Å². The molecular formula is C27H25ClN4O6S2. The Balaban J connectivity index is 1.54. The maximum Gasteiger partial charge on any atom is 0.264 e. The molecule has 0 saturated heterocycles. The van der Waals surface area contributed by atoms with E-state index in [1.54, 1.807) is 36.4 Å². The molecule has 0 saturated carbocycles. The molecule has 4 aromatic rings. The van der Waals surface area contributed by atoms with Crippen molar-refractivity contribution in [3.05, 3.63) is 102 Å². The average Bonchev–Trinajstić information content (AvgIpc) is 2.93. The molecule has 13 heteroatoms. The third kappa shape index (κ3) is 7.08. The number of nitrogens with zero attached hydrogens (tertiary/aromatic N) is 2. The van der Waals surface area contributed by atoms with Gasteiger partial charge in [-0.25, -0.2) is 21.8 Å². The fourth-order valence-electron chi connectivity index (χ4n) is 3.59. The minimum atomic E-state index is -4.16. The van der Waals surface area contributed by atoms with E-state index in [9.17, 15) is 21.6 Å². The van der Waals surface area contributed by atoms with E-state index in [-0.39, 0.29) is 27.0 Å². The van der Waals surface area contributed by atoms with E-state index >= 15 is 0 Å². The van der Waals surface area contributed by atoms with Gasteiger partial charge in [-0.05, 0) is 91.9 Å². The number of rotatable bonds is 11. The van der Waals surface area contributed by atoms with Crippen LogP contribution in [0, 0.1) is 0 Å². The smallest absolute Gasteiger partial charge is 0.264 e. The van der Waals surface area contributed by atoms with Crippen molar-refractivity contribution in [2.75, 3.05) is 27.5 Å². The molecule has 10 nitrogen and oxygen atoms in total. The summed E-state index contributed by atoms with van der Waals surface area (Å²) in [5, 5.41) is 2.98. The molecule has 0 aliphatic carbocycles. The molecule has 0 bridgehead atoms. The van der Waals surface area contributed by atoms with Crippen molar-refractivity contribution in [1.29, 1.82) is 0 Å². The van der Waals surface area contributed by atoms with Gasteiger partial charge in [0.25, 0.3) is 20.0 Å². The highest BCUT2D eigenvalue weighted by Gasteiger charge is 2.27. The quantitative estimate of drug-likeness (QED) is 0.253. The summed E-state index contributed by atoms with van der Waals surface area (Å²) in [7, 11) is -8.07. The number of amides is 1. The van der Waals surface area contributed by atoms with Gasteiger partial charge in [-0.15, -0.1) is 0 Å². The van der Waals surface area contributed by atoms with E-state index in [2.05, 4.69) is 15.0 Å². The van der Waals surface area contributed by atoms with Crippen LogP contribution < -0.4 is 19.1 Å². The van der Waals surface area contributed by atoms with Crippen LogP contribution in [-0.4, -0.2) is 40.9 Å². The summed E-state index contributed by atoms with van der Waals surface area (Å²) in [5.41, 5.74) is 0.521. The summed E-state index contributed by atoms with van der Waals surface area (Å²) in [5.74, 6) is 0.0666. The summed E-state index contributed by atoms with van der Waals surface area (Å²) in [6.07, 6.45) is 1.46. The molecule has 40 heavy (non-hydrogen) atoms. The molecule has 0 fully saturated rings. The van der Waals surface area contributed by atoms with Crippen molar-refractivity contribution in [1.82, 2.24) is 4.98 Å². The molecule has 4 rings (SSSR count). The number of sulfonamides is 2. The van der Waals surface area contributed by atoms with E-state index in [1.165, 1.54) is 60.8 Å². The highest BCUT2D eigenvalue weighted by molar-refractivity contribution is 7.93. The van der Waals surface area contributed by atoms with Gasteiger partial charge in [0.1, 0.15) is 18.1 Å². The van der Waals surface area contributed by atoms with Crippen molar-refractivity contribution in [2.24, 2.45) is 0 Å². The molecule has 208 valence electrons. The molecule has 1 aromatic heterocycles. The van der Waals surface area contributed by atoms with Crippen LogP contribution in [0.25, 0.3) is 0 Å². The number of hydrogen-bond donors (Lipinski definition) is 2. The lowest BCUT2D eigenvalue weighted by Gasteiger charge is -2.24. The second-order valence-electron chi connectivity index (χ2n) is 8.29. The van der Waals surface area contributed by atoms with Crippen LogP contribution in [0.3, 0.4) is 0 Å². The fourth-order valence-corrected chi connectivity index (χ4v) is 6.15. The largest absolute Gasteiger partial charge is 0.494 e. The molecule has 0 aliphatic rings. The lowest BCUT2D eigenvalue weighted by Crippen LogP contribution is -2.38. The van der Waals surface area contributed by atoms with Crippen LogP contribution in [0.2, 0.25) is 5.02 Å². The second kappa shape index (κ2) is 12.4. The van der Waals surface area contributed by atoms with Gasteiger partial charge in [-0.1, -0.05) is 17.7 Å². The Morgan fingerprint density at radius 1 is 0.875 bits per heavy atom. The lowest BCUT2D eigenvalue weighted by molar-refractivity contribution is -0.114. The minimum Gasteiger partial charge on any atom is -0.494 e. The van der Waals surface area contributed by atoms with Gasteiger partial charge in [0.05, 0.1) is 22.1 Å². The zero-order valence-corrected chi connectivity index (χ0v) is 23.6. The van der Waals surface area contributed by atoms with Crippen LogP contribution in [-0.2, 0) is 24.8 Å². The summed E-state index contributed by atoms with van der Waals surface area (Å²) >= 11 is 5.93. The first-order valence-corrected chi connectivity index (χ1v) is 15.2. The Kier molecular flexibility index (Phi) is 8.93. The topological polar surface area (TPSA) is 135 Å². The number of ether oxygens (including phenoxy) is 1. The zero-order valence-electron chi connectivity index (χ0n) is 21.2. The Bertz CT molecular complexity index is 1670. The number of benzene rings is 3. The van der Waals surface area contributed by atoms with E-state index in [4.69, 9.17) is 16.3 Å². The molecule has 2 N–H and O–H groups in total. The standard InChI is InChI=1S/C27H25ClN4O6S2/c1-2-38-23-12-10-22(11-13-23)32(40(36,37)25-14-6-20(28)7-15-25)19-27(33)30-21-8-16-24(17-9-21)39(34,35)31-26-5-3-4-18-29-26/h3-18H,2,19H2,1H3,(H,29,31)(H,30,33). The first kappa shape index (κ1) is 28.9. The van der Waals surface area contributed by atoms with Crippen molar-refractivity contribution in [2.45, 2.75) is 16.7 Å². The highest BCUT2D eigenvalue weighted by Crippen LogP contribution is 2.27. The Hall–Kier alpha value is -4.13. The first-order chi connectivity index (χ1) is 19.1. The van der Waals surface area contributed by atoms with Gasteiger partial charge < -0.3 is 10.1 Å². The predicted octanol–water partition coefficient (Wildman–Crippen LogP) is 4.77. The molecular weight excluding hydrogens is 576 g/mol. The third-order valence-corrected chi connectivity index (χ3v) is 8.89. The zero-order chi connectivity index (χ0) is 28.8. The van der Waals surface area contributed by atoms with Crippen molar-refractivity contribution < 1.29 is 26.4 Å². The Labute approximate surface area is 237 Å². The molecule has 0 atom stereocenters. The van der Waals surface area contributed by atoms with E-state index in [1.807, 2.05) is 6.92 Å². The van der Waals surface area contributed by atoms with E-state index in [0.29, 0.717) is 17.4 Å². The predicted molar refractivity (Wildman–Crippen MR) is 154 cm³/mol. The number of halogens is 1. The van der Waals surface area contributed by atoms with Gasteiger partial charge >= 0.3 is 0 Å². The van der Waals surface area contributed by atoms with Crippen molar-refractivity contribution in [3.8, 4) is 5.75 Å². The second-order valence-corrected chi connectivity index (χ2v) is 12.3. The summed E-state index contributed by atoms with van der Waals surface area (Å²) in [4.78, 5) is 16.9. The number of carbonyl (C=O) groups excluding carboxylic acids is 1. The van der Waals surface area contributed by atoms with Gasteiger partial charge in [0.2, 0.25) is 5.91 Å². The molecule has 1 amide bonds. The van der Waals surface area contributed by atoms with Crippen LogP contribution in [0.5, 0.6) is 5.75 Å². The van der Waals surface area contributed by atoms with Crippen LogP contribution in [0.4, 0.5) is 17.2 Å². The Morgan fingerprint density at radius 2 is 1.52 bits per heavy atom. The summed E-state index contributed by atoms with van der Waals surface area (Å²) in [6.45, 7) is 1.71. The van der Waals surface area contributed by atoms with E-state index < -0.39 is 32.5 Å². The number of anilines is 3. The van der Waals surface area contributed by atoms with Gasteiger partial charge in [0.15, 0.2) is 0 Å². The summed E-state index contributed by atoms with van der Waals surface area (Å²) in [6, 6.07) is 22.2. The minimum absolute atomic E-state index is 0.0440. The SMILES string of the molecule is CCOc1ccc(N(CC(=O)Nc2ccc(S(=O)(=O)Nc3ccccn3)cc2)S(=O)(=O)c2ccc(Cl)cc2)cc1. The molecule has 0 spiro atoms. The van der Waals surface area contributed by atoms with Crippen molar-refractivity contribution in [3.63, 3.8) is 0 Å². The molecule has 0 aliphatic heterocycles. The Morgan fingerprint density at radius 3 is 2.12 bits per heavy atom. The first-order valence-electron chi connectivity index (χ1n) is 11.9. The molecule has 0 unspecified atom stereocenters. The molecule has 3 aromatic carbocycles.